The molecule has 0 fully saturated rings. The van der Waals surface area contributed by atoms with Crippen molar-refractivity contribution in [2.75, 3.05) is 6.61 Å². The summed E-state index contributed by atoms with van der Waals surface area (Å²) in [4.78, 5) is 11.0. The Kier molecular flexibility index (Phi) is 5.54. The lowest BCUT2D eigenvalue weighted by Gasteiger charge is -2.12. The minimum Gasteiger partial charge on any atom is -0.462 e. The van der Waals surface area contributed by atoms with Crippen molar-refractivity contribution in [3.05, 3.63) is 28.8 Å². The van der Waals surface area contributed by atoms with Gasteiger partial charge in [0.05, 0.1) is 17.7 Å². The summed E-state index contributed by atoms with van der Waals surface area (Å²) in [5.74, 6) is -1.12. The highest BCUT2D eigenvalue weighted by Crippen LogP contribution is 2.39. The molecule has 0 N–H and O–H groups in total. The fourth-order valence-corrected chi connectivity index (χ4v) is 2.13. The van der Waals surface area contributed by atoms with Gasteiger partial charge in [-0.2, -0.15) is 18.4 Å². The minimum atomic E-state index is -4.71. The molecule has 0 unspecified atom stereocenters. The van der Waals surface area contributed by atoms with E-state index in [0.717, 1.165) is 6.07 Å². The highest BCUT2D eigenvalue weighted by atomic mass is 32.2. The Hall–Kier alpha value is -1.82. The summed E-state index contributed by atoms with van der Waals surface area (Å²) in [5.41, 5.74) is -6.94. The van der Waals surface area contributed by atoms with Crippen LogP contribution >= 0.6 is 11.8 Å². The van der Waals surface area contributed by atoms with E-state index in [9.17, 15) is 26.7 Å². The molecular weight excluding hydrogens is 317 g/mol. The number of esters is 1. The molecule has 1 aromatic rings. The first-order valence-corrected chi connectivity index (χ1v) is 6.30. The van der Waals surface area contributed by atoms with Crippen LogP contribution in [-0.4, -0.2) is 18.1 Å². The molecular formula is C12H8F5NO2S. The average Bonchev–Trinajstić information content (AvgIpc) is 2.35. The van der Waals surface area contributed by atoms with Crippen LogP contribution in [-0.2, 0) is 4.74 Å². The Morgan fingerprint density at radius 3 is 2.48 bits per heavy atom. The maximum absolute atomic E-state index is 12.9. The first kappa shape index (κ1) is 17.2. The number of ether oxygens (including phenoxy) is 1. The molecule has 0 heterocycles. The number of thioether (sulfide) groups is 1. The van der Waals surface area contributed by atoms with Crippen LogP contribution in [0.25, 0.3) is 0 Å². The number of hydrogen-bond acceptors (Lipinski definition) is 4. The molecule has 9 heteroatoms. The van der Waals surface area contributed by atoms with Crippen molar-refractivity contribution >= 4 is 17.7 Å². The zero-order valence-corrected chi connectivity index (χ0v) is 11.3. The predicted octanol–water partition coefficient (Wildman–Crippen LogP) is 4.28. The molecule has 0 amide bonds. The molecule has 0 aliphatic carbocycles. The fourth-order valence-electron chi connectivity index (χ4n) is 1.50. The van der Waals surface area contributed by atoms with E-state index in [4.69, 9.17) is 5.26 Å². The molecule has 0 aliphatic rings. The topological polar surface area (TPSA) is 50.1 Å². The van der Waals surface area contributed by atoms with Gasteiger partial charge in [0, 0.05) is 10.5 Å². The molecule has 114 valence electrons. The average molecular weight is 325 g/mol. The molecule has 1 rings (SSSR count). The molecule has 3 nitrogen and oxygen atoms in total. The van der Waals surface area contributed by atoms with Gasteiger partial charge < -0.3 is 4.74 Å². The molecule has 0 spiro atoms. The van der Waals surface area contributed by atoms with Crippen molar-refractivity contribution in [2.24, 2.45) is 0 Å². The number of halogens is 5. The Bertz CT molecular complexity index is 580. The zero-order chi connectivity index (χ0) is 16.2. The van der Waals surface area contributed by atoms with Gasteiger partial charge in [0.2, 0.25) is 0 Å². The van der Waals surface area contributed by atoms with E-state index < -0.39 is 51.3 Å². The third kappa shape index (κ3) is 4.60. The Labute approximate surface area is 120 Å². The Morgan fingerprint density at radius 1 is 1.43 bits per heavy atom. The van der Waals surface area contributed by atoms with Crippen LogP contribution in [0.5, 0.6) is 0 Å². The van der Waals surface area contributed by atoms with Gasteiger partial charge in [0.1, 0.15) is 6.07 Å². The lowest BCUT2D eigenvalue weighted by Crippen LogP contribution is -2.10. The Balaban J connectivity index is 3.45. The second-order valence-corrected chi connectivity index (χ2v) is 4.75. The van der Waals surface area contributed by atoms with Crippen LogP contribution in [0.4, 0.5) is 22.0 Å². The number of carbonyl (C=O) groups excluding carboxylic acids is 1. The molecule has 0 aliphatic heterocycles. The van der Waals surface area contributed by atoms with Crippen molar-refractivity contribution in [1.82, 2.24) is 0 Å². The highest BCUT2D eigenvalue weighted by Gasteiger charge is 2.31. The maximum Gasteiger partial charge on any atom is 0.446 e. The van der Waals surface area contributed by atoms with Crippen molar-refractivity contribution < 1.29 is 31.5 Å². The van der Waals surface area contributed by atoms with Gasteiger partial charge in [-0.05, 0) is 30.8 Å². The predicted molar refractivity (Wildman–Crippen MR) is 64.0 cm³/mol. The van der Waals surface area contributed by atoms with E-state index in [-0.39, 0.29) is 6.61 Å². The SMILES string of the molecule is CCOC(=O)c1cc(SC(F)(F)F)cc(C(F)F)c1C#N. The van der Waals surface area contributed by atoms with E-state index >= 15 is 0 Å². The van der Waals surface area contributed by atoms with Gasteiger partial charge in [0.25, 0.3) is 6.43 Å². The number of alkyl halides is 5. The molecule has 21 heavy (non-hydrogen) atoms. The summed E-state index contributed by atoms with van der Waals surface area (Å²) in [5, 5.41) is 8.87. The van der Waals surface area contributed by atoms with Crippen molar-refractivity contribution in [3.63, 3.8) is 0 Å². The first-order chi connectivity index (χ1) is 9.69. The summed E-state index contributed by atoms with van der Waals surface area (Å²) in [6.07, 6.45) is -3.19. The van der Waals surface area contributed by atoms with Crippen LogP contribution in [0.3, 0.4) is 0 Å². The molecule has 0 atom stereocenters. The molecule has 0 aromatic heterocycles. The third-order valence-electron chi connectivity index (χ3n) is 2.22. The highest BCUT2D eigenvalue weighted by molar-refractivity contribution is 8.00. The number of rotatable bonds is 4. The largest absolute Gasteiger partial charge is 0.462 e. The van der Waals surface area contributed by atoms with Gasteiger partial charge >= 0.3 is 11.5 Å². The van der Waals surface area contributed by atoms with Gasteiger partial charge in [0.15, 0.2) is 0 Å². The van der Waals surface area contributed by atoms with E-state index in [0.29, 0.717) is 6.07 Å². The lowest BCUT2D eigenvalue weighted by atomic mass is 10.0. The summed E-state index contributed by atoms with van der Waals surface area (Å²) >= 11 is -0.649. The molecule has 1 aromatic carbocycles. The van der Waals surface area contributed by atoms with Gasteiger partial charge in [-0.25, -0.2) is 13.6 Å². The van der Waals surface area contributed by atoms with Crippen LogP contribution < -0.4 is 0 Å². The van der Waals surface area contributed by atoms with Gasteiger partial charge in [-0.15, -0.1) is 0 Å². The second kappa shape index (κ2) is 6.76. The van der Waals surface area contributed by atoms with E-state index in [1.54, 1.807) is 0 Å². The lowest BCUT2D eigenvalue weighted by molar-refractivity contribution is -0.0328. The number of nitrogens with zero attached hydrogens (tertiary/aromatic N) is 1. The normalized spacial score (nSPS) is 11.3. The molecule has 0 bridgehead atoms. The fraction of sp³-hybridized carbons (Fsp3) is 0.333. The van der Waals surface area contributed by atoms with Crippen LogP contribution in [0.1, 0.15) is 34.8 Å². The van der Waals surface area contributed by atoms with Crippen molar-refractivity contribution in [3.8, 4) is 6.07 Å². The number of nitriles is 1. The van der Waals surface area contributed by atoms with Crippen molar-refractivity contribution in [1.29, 1.82) is 5.26 Å². The summed E-state index contributed by atoms with van der Waals surface area (Å²) in [6.45, 7) is 1.33. The molecule has 0 saturated carbocycles. The minimum absolute atomic E-state index is 0.107. The van der Waals surface area contributed by atoms with E-state index in [1.165, 1.54) is 13.0 Å². The van der Waals surface area contributed by atoms with Crippen LogP contribution in [0.15, 0.2) is 17.0 Å². The zero-order valence-electron chi connectivity index (χ0n) is 10.5. The van der Waals surface area contributed by atoms with E-state index in [2.05, 4.69) is 4.74 Å². The smallest absolute Gasteiger partial charge is 0.446 e. The second-order valence-electron chi connectivity index (χ2n) is 3.62. The van der Waals surface area contributed by atoms with E-state index in [1.807, 2.05) is 0 Å². The summed E-state index contributed by atoms with van der Waals surface area (Å²) in [7, 11) is 0. The standard InChI is InChI=1S/C12H8F5NO2S/c1-2-20-11(19)8-4-6(21-12(15,16)17)3-7(10(13)14)9(8)5-18/h3-4,10H,2H2,1H3. The summed E-state index contributed by atoms with van der Waals surface area (Å²) < 4.78 is 67.3. The first-order valence-electron chi connectivity index (χ1n) is 5.48. The molecule has 0 radical (unpaired) electrons. The number of benzene rings is 1. The van der Waals surface area contributed by atoms with Crippen LogP contribution in [0.2, 0.25) is 0 Å². The quantitative estimate of drug-likeness (QED) is 0.471. The van der Waals surface area contributed by atoms with Gasteiger partial charge in [-0.3, -0.25) is 0 Å². The number of hydrogen-bond donors (Lipinski definition) is 0. The van der Waals surface area contributed by atoms with Crippen LogP contribution in [0, 0.1) is 11.3 Å². The van der Waals surface area contributed by atoms with Gasteiger partial charge in [-0.1, -0.05) is 0 Å². The molecule has 0 saturated heterocycles. The monoisotopic (exact) mass is 325 g/mol. The Morgan fingerprint density at radius 2 is 2.05 bits per heavy atom. The third-order valence-corrected chi connectivity index (χ3v) is 2.92. The summed E-state index contributed by atoms with van der Waals surface area (Å²) in [6, 6.07) is 2.67. The van der Waals surface area contributed by atoms with Crippen molar-refractivity contribution in [2.45, 2.75) is 23.8 Å². The number of carbonyl (C=O) groups is 1. The maximum atomic E-state index is 12.9.